The van der Waals surface area contributed by atoms with Gasteiger partial charge in [-0.1, -0.05) is 13.8 Å². The van der Waals surface area contributed by atoms with E-state index in [0.29, 0.717) is 18.0 Å². The fourth-order valence-electron chi connectivity index (χ4n) is 3.33. The van der Waals surface area contributed by atoms with Crippen molar-refractivity contribution in [2.75, 3.05) is 25.1 Å². The molecule has 21 heavy (non-hydrogen) atoms. The minimum Gasteiger partial charge on any atom is -0.495 e. The van der Waals surface area contributed by atoms with Gasteiger partial charge < -0.3 is 15.0 Å². The van der Waals surface area contributed by atoms with E-state index in [0.717, 1.165) is 29.2 Å². The summed E-state index contributed by atoms with van der Waals surface area (Å²) in [5.74, 6) is 2.43. The molecule has 1 saturated carbocycles. The van der Waals surface area contributed by atoms with Crippen LogP contribution in [-0.2, 0) is 0 Å². The van der Waals surface area contributed by atoms with Crippen molar-refractivity contribution >= 4 is 21.6 Å². The van der Waals surface area contributed by atoms with Crippen LogP contribution >= 0.6 is 15.9 Å². The van der Waals surface area contributed by atoms with Crippen LogP contribution in [0.5, 0.6) is 5.75 Å². The second-order valence-electron chi connectivity index (χ2n) is 6.63. The highest BCUT2D eigenvalue weighted by Gasteiger charge is 2.38. The third kappa shape index (κ3) is 3.21. The molecule has 4 heteroatoms. The molecule has 2 aliphatic rings. The molecule has 1 aromatic carbocycles. The Morgan fingerprint density at radius 2 is 2.10 bits per heavy atom. The highest BCUT2D eigenvalue weighted by atomic mass is 79.9. The lowest BCUT2D eigenvalue weighted by Gasteiger charge is -2.44. The van der Waals surface area contributed by atoms with Gasteiger partial charge in [-0.3, -0.25) is 0 Å². The van der Waals surface area contributed by atoms with E-state index in [-0.39, 0.29) is 0 Å². The Labute approximate surface area is 136 Å². The van der Waals surface area contributed by atoms with Gasteiger partial charge in [0.15, 0.2) is 0 Å². The highest BCUT2D eigenvalue weighted by molar-refractivity contribution is 9.10. The molecule has 1 aromatic rings. The summed E-state index contributed by atoms with van der Waals surface area (Å²) >= 11 is 3.55. The normalized spacial score (nSPS) is 26.2. The molecule has 3 nitrogen and oxygen atoms in total. The molecule has 0 aromatic heterocycles. The highest BCUT2D eigenvalue weighted by Crippen LogP contribution is 2.37. The van der Waals surface area contributed by atoms with Crippen LogP contribution in [0.25, 0.3) is 0 Å². The Hall–Kier alpha value is -0.740. The number of nitrogens with one attached hydrogen (secondary N) is 1. The molecular formula is C17H25BrN2O. The van der Waals surface area contributed by atoms with Crippen molar-refractivity contribution in [2.24, 2.45) is 11.8 Å². The van der Waals surface area contributed by atoms with Crippen molar-refractivity contribution in [2.45, 2.75) is 38.8 Å². The number of piperazine rings is 1. The van der Waals surface area contributed by atoms with E-state index in [1.165, 1.54) is 18.5 Å². The Balaban J connectivity index is 1.86. The van der Waals surface area contributed by atoms with Gasteiger partial charge >= 0.3 is 0 Å². The Morgan fingerprint density at radius 3 is 2.71 bits per heavy atom. The van der Waals surface area contributed by atoms with Crippen molar-refractivity contribution in [1.82, 2.24) is 5.32 Å². The van der Waals surface area contributed by atoms with Crippen LogP contribution in [0.15, 0.2) is 22.7 Å². The fraction of sp³-hybridized carbons (Fsp3) is 0.647. The molecule has 2 unspecified atom stereocenters. The van der Waals surface area contributed by atoms with Gasteiger partial charge in [0.25, 0.3) is 0 Å². The zero-order chi connectivity index (χ0) is 15.0. The van der Waals surface area contributed by atoms with Crippen LogP contribution in [-0.4, -0.2) is 32.3 Å². The number of anilines is 1. The van der Waals surface area contributed by atoms with Gasteiger partial charge in [-0.25, -0.2) is 0 Å². The van der Waals surface area contributed by atoms with E-state index in [4.69, 9.17) is 4.74 Å². The molecule has 0 amide bonds. The van der Waals surface area contributed by atoms with Gasteiger partial charge in [-0.15, -0.1) is 0 Å². The summed E-state index contributed by atoms with van der Waals surface area (Å²) in [4.78, 5) is 2.58. The summed E-state index contributed by atoms with van der Waals surface area (Å²) in [5.41, 5.74) is 1.28. The lowest BCUT2D eigenvalue weighted by molar-refractivity contribution is 0.320. The van der Waals surface area contributed by atoms with Crippen LogP contribution < -0.4 is 15.0 Å². The zero-order valence-electron chi connectivity index (χ0n) is 13.1. The van der Waals surface area contributed by atoms with E-state index < -0.39 is 0 Å². The van der Waals surface area contributed by atoms with Crippen LogP contribution in [0.4, 0.5) is 5.69 Å². The van der Waals surface area contributed by atoms with Crippen LogP contribution in [0.1, 0.15) is 26.7 Å². The topological polar surface area (TPSA) is 24.5 Å². The number of rotatable bonds is 4. The minimum absolute atomic E-state index is 0.547. The van der Waals surface area contributed by atoms with E-state index in [9.17, 15) is 0 Å². The molecule has 2 atom stereocenters. The van der Waals surface area contributed by atoms with Gasteiger partial charge in [0, 0.05) is 36.9 Å². The molecule has 1 N–H and O–H groups in total. The summed E-state index contributed by atoms with van der Waals surface area (Å²) in [7, 11) is 1.73. The maximum Gasteiger partial charge on any atom is 0.135 e. The molecule has 3 rings (SSSR count). The summed E-state index contributed by atoms with van der Waals surface area (Å²) in [5, 5.41) is 3.77. The lowest BCUT2D eigenvalue weighted by Crippen LogP contribution is -2.59. The van der Waals surface area contributed by atoms with Gasteiger partial charge in [0.2, 0.25) is 0 Å². The predicted octanol–water partition coefficient (Wildman–Crippen LogP) is 3.67. The largest absolute Gasteiger partial charge is 0.495 e. The van der Waals surface area contributed by atoms with Crippen molar-refractivity contribution in [3.63, 3.8) is 0 Å². The number of ether oxygens (including phenoxy) is 1. The van der Waals surface area contributed by atoms with Crippen molar-refractivity contribution in [1.29, 1.82) is 0 Å². The van der Waals surface area contributed by atoms with E-state index in [1.807, 2.05) is 0 Å². The zero-order valence-corrected chi connectivity index (χ0v) is 14.7. The first kappa shape index (κ1) is 15.2. The molecule has 1 heterocycles. The summed E-state index contributed by atoms with van der Waals surface area (Å²) in [6.45, 7) is 6.81. The SMILES string of the molecule is COc1cc(N2CC(C3CC3)NCC2C(C)C)ccc1Br. The standard InChI is InChI=1S/C17H25BrN2O/c1-11(2)16-9-19-15(12-4-5-12)10-20(16)13-6-7-14(18)17(8-13)21-3/h6-8,11-12,15-16,19H,4-5,9-10H2,1-3H3. The fourth-order valence-corrected chi connectivity index (χ4v) is 3.74. The Morgan fingerprint density at radius 1 is 1.33 bits per heavy atom. The Bertz CT molecular complexity index is 502. The predicted molar refractivity (Wildman–Crippen MR) is 91.2 cm³/mol. The first-order valence-corrected chi connectivity index (χ1v) is 8.73. The molecule has 1 aliphatic heterocycles. The molecule has 2 fully saturated rings. The smallest absolute Gasteiger partial charge is 0.135 e. The molecule has 0 radical (unpaired) electrons. The molecular weight excluding hydrogens is 328 g/mol. The van der Waals surface area contributed by atoms with Gasteiger partial charge in [0.1, 0.15) is 5.75 Å². The van der Waals surface area contributed by atoms with Crippen LogP contribution in [0, 0.1) is 11.8 Å². The molecule has 0 bridgehead atoms. The van der Waals surface area contributed by atoms with Crippen molar-refractivity contribution in [3.05, 3.63) is 22.7 Å². The quantitative estimate of drug-likeness (QED) is 0.894. The third-order valence-electron chi connectivity index (χ3n) is 4.81. The van der Waals surface area contributed by atoms with E-state index in [1.54, 1.807) is 7.11 Å². The summed E-state index contributed by atoms with van der Waals surface area (Å²) in [6, 6.07) is 7.66. The van der Waals surface area contributed by atoms with Gasteiger partial charge in [-0.05, 0) is 52.7 Å². The van der Waals surface area contributed by atoms with E-state index in [2.05, 4.69) is 58.2 Å². The van der Waals surface area contributed by atoms with Gasteiger partial charge in [0.05, 0.1) is 11.6 Å². The number of benzene rings is 1. The second kappa shape index (κ2) is 6.17. The molecule has 0 spiro atoms. The average Bonchev–Trinajstić information content (AvgIpc) is 3.31. The van der Waals surface area contributed by atoms with Gasteiger partial charge in [-0.2, -0.15) is 0 Å². The number of nitrogens with zero attached hydrogens (tertiary/aromatic N) is 1. The number of halogens is 1. The molecule has 1 saturated heterocycles. The number of hydrogen-bond donors (Lipinski definition) is 1. The second-order valence-corrected chi connectivity index (χ2v) is 7.49. The molecule has 116 valence electrons. The maximum absolute atomic E-state index is 5.47. The monoisotopic (exact) mass is 352 g/mol. The first-order chi connectivity index (χ1) is 10.1. The number of hydrogen-bond acceptors (Lipinski definition) is 3. The minimum atomic E-state index is 0.547. The third-order valence-corrected chi connectivity index (χ3v) is 5.46. The summed E-state index contributed by atoms with van der Waals surface area (Å²) in [6.07, 6.45) is 2.78. The first-order valence-electron chi connectivity index (χ1n) is 7.93. The van der Waals surface area contributed by atoms with Crippen LogP contribution in [0.2, 0.25) is 0 Å². The van der Waals surface area contributed by atoms with E-state index >= 15 is 0 Å². The number of methoxy groups -OCH3 is 1. The average molecular weight is 353 g/mol. The Kier molecular flexibility index (Phi) is 4.46. The van der Waals surface area contributed by atoms with Crippen molar-refractivity contribution < 1.29 is 4.74 Å². The molecule has 1 aliphatic carbocycles. The lowest BCUT2D eigenvalue weighted by atomic mass is 9.96. The van der Waals surface area contributed by atoms with Crippen LogP contribution in [0.3, 0.4) is 0 Å². The van der Waals surface area contributed by atoms with Crippen molar-refractivity contribution in [3.8, 4) is 5.75 Å². The maximum atomic E-state index is 5.47. The summed E-state index contributed by atoms with van der Waals surface area (Å²) < 4.78 is 6.49.